The third kappa shape index (κ3) is 4.55. The minimum Gasteiger partial charge on any atom is -0.450 e. The fraction of sp³-hybridized carbons (Fsp3) is 0.556. The van der Waals surface area contributed by atoms with Crippen LogP contribution in [0.25, 0.3) is 0 Å². The first-order valence-corrected chi connectivity index (χ1v) is 5.33. The van der Waals surface area contributed by atoms with E-state index in [0.29, 0.717) is 0 Å². The van der Waals surface area contributed by atoms with Crippen molar-refractivity contribution in [2.24, 2.45) is 0 Å². The van der Waals surface area contributed by atoms with E-state index >= 15 is 0 Å². The molecule has 0 bridgehead atoms. The van der Waals surface area contributed by atoms with E-state index in [1.54, 1.807) is 0 Å². The lowest BCUT2D eigenvalue weighted by Gasteiger charge is -2.20. The van der Waals surface area contributed by atoms with E-state index in [-0.39, 0.29) is 0 Å². The molecule has 3 N–H and O–H groups in total. The summed E-state index contributed by atoms with van der Waals surface area (Å²) >= 11 is 0. The predicted molar refractivity (Wildman–Crippen MR) is 57.1 cm³/mol. The molecule has 1 aliphatic heterocycles. The zero-order valence-corrected chi connectivity index (χ0v) is 10.7. The van der Waals surface area contributed by atoms with Crippen molar-refractivity contribution in [2.45, 2.75) is 24.8 Å². The second-order valence-corrected chi connectivity index (χ2v) is 3.53. The number of hydrogen-bond donors (Lipinski definition) is 3. The number of carbonyl (C=O) groups is 4. The molecule has 0 aliphatic carbocycles. The number of methoxy groups -OCH3 is 1. The lowest BCUT2D eigenvalue weighted by Crippen LogP contribution is -2.42. The van der Waals surface area contributed by atoms with Gasteiger partial charge in [-0.15, -0.1) is 0 Å². The number of hydrogen-bond acceptors (Lipinski definition) is 10. The average molecular weight is 326 g/mol. The fourth-order valence-corrected chi connectivity index (χ4v) is 1.51. The first kappa shape index (κ1) is 17.1. The maximum Gasteiger partial charge on any atom is 0.510 e. The molecule has 0 saturated carbocycles. The van der Waals surface area contributed by atoms with Gasteiger partial charge in [0.25, 0.3) is 12.6 Å². The number of ether oxygens (including phenoxy) is 6. The Kier molecular flexibility index (Phi) is 5.57. The second kappa shape index (κ2) is 7.16. The van der Waals surface area contributed by atoms with Crippen molar-refractivity contribution in [3.63, 3.8) is 0 Å². The molecule has 0 aromatic heterocycles. The van der Waals surface area contributed by atoms with Crippen molar-refractivity contribution < 1.29 is 62.9 Å². The molecule has 1 heterocycles. The van der Waals surface area contributed by atoms with Crippen LogP contribution < -0.4 is 0 Å². The summed E-state index contributed by atoms with van der Waals surface area (Å²) in [5.41, 5.74) is 0. The van der Waals surface area contributed by atoms with Gasteiger partial charge in [0.05, 0.1) is 7.11 Å². The van der Waals surface area contributed by atoms with Crippen LogP contribution in [0.2, 0.25) is 0 Å². The smallest absolute Gasteiger partial charge is 0.450 e. The van der Waals surface area contributed by atoms with Gasteiger partial charge >= 0.3 is 24.6 Å². The monoisotopic (exact) mass is 326 g/mol. The van der Waals surface area contributed by atoms with Gasteiger partial charge in [-0.2, -0.15) is 0 Å². The van der Waals surface area contributed by atoms with E-state index in [1.165, 1.54) is 0 Å². The van der Waals surface area contributed by atoms with E-state index in [9.17, 15) is 19.2 Å². The maximum absolute atomic E-state index is 11.0. The van der Waals surface area contributed by atoms with Crippen molar-refractivity contribution in [3.05, 3.63) is 0 Å². The molecule has 4 unspecified atom stereocenters. The Balaban J connectivity index is 2.99. The summed E-state index contributed by atoms with van der Waals surface area (Å²) in [5, 5.41) is 25.7. The van der Waals surface area contributed by atoms with E-state index in [4.69, 9.17) is 20.1 Å². The molecule has 0 radical (unpaired) electrons. The number of carboxylic acid groups (broad SMARTS) is 3. The standard InChI is InChI=1S/C9H10O13/c1-17-9(16)22-5-3(19-7(12)13)2(18-6(10)11)4(20-5)21-8(14)15/h2-5H,1H3,(H,10,11)(H,12,13)(H,14,15). The average Bonchev–Trinajstić information content (AvgIpc) is 2.66. The normalized spacial score (nSPS) is 26.6. The largest absolute Gasteiger partial charge is 0.510 e. The van der Waals surface area contributed by atoms with Crippen LogP contribution in [-0.2, 0) is 28.4 Å². The lowest BCUT2D eigenvalue weighted by atomic mass is 10.2. The summed E-state index contributed by atoms with van der Waals surface area (Å²) in [4.78, 5) is 42.7. The predicted octanol–water partition coefficient (Wildman–Crippen LogP) is 0.273. The van der Waals surface area contributed by atoms with Crippen molar-refractivity contribution in [1.29, 1.82) is 0 Å². The van der Waals surface area contributed by atoms with Crippen LogP contribution in [0.4, 0.5) is 19.2 Å². The molecule has 0 aromatic rings. The van der Waals surface area contributed by atoms with Gasteiger partial charge < -0.3 is 39.0 Å². The highest BCUT2D eigenvalue weighted by Gasteiger charge is 2.54. The minimum absolute atomic E-state index is 0.931. The highest BCUT2D eigenvalue weighted by atomic mass is 16.9. The molecule has 13 nitrogen and oxygen atoms in total. The maximum atomic E-state index is 11.0. The molecule has 124 valence electrons. The number of rotatable bonds is 4. The Morgan fingerprint density at radius 2 is 1.18 bits per heavy atom. The Morgan fingerprint density at radius 1 is 0.773 bits per heavy atom. The Labute approximate surface area is 120 Å². The summed E-state index contributed by atoms with van der Waals surface area (Å²) in [7, 11) is 0.931. The highest BCUT2D eigenvalue weighted by Crippen LogP contribution is 2.29. The van der Waals surface area contributed by atoms with E-state index < -0.39 is 49.4 Å². The van der Waals surface area contributed by atoms with Gasteiger partial charge in [0, 0.05) is 0 Å². The topological polar surface area (TPSA) is 184 Å². The molecule has 0 amide bonds. The highest BCUT2D eigenvalue weighted by molar-refractivity contribution is 5.61. The zero-order chi connectivity index (χ0) is 16.9. The molecule has 1 fully saturated rings. The van der Waals surface area contributed by atoms with E-state index in [0.717, 1.165) is 7.11 Å². The third-order valence-electron chi connectivity index (χ3n) is 2.20. The van der Waals surface area contributed by atoms with Crippen molar-refractivity contribution in [1.82, 2.24) is 0 Å². The quantitative estimate of drug-likeness (QED) is 0.472. The molecule has 0 aromatic carbocycles. The molecular formula is C9H10O13. The number of carbonyl (C=O) groups excluding carboxylic acids is 1. The second-order valence-electron chi connectivity index (χ2n) is 3.53. The minimum atomic E-state index is -1.92. The fourth-order valence-electron chi connectivity index (χ4n) is 1.51. The van der Waals surface area contributed by atoms with E-state index in [1.807, 2.05) is 0 Å². The first-order chi connectivity index (χ1) is 10.2. The van der Waals surface area contributed by atoms with Crippen LogP contribution in [0, 0.1) is 0 Å². The summed E-state index contributed by atoms with van der Waals surface area (Å²) in [6.45, 7) is 0. The van der Waals surface area contributed by atoms with Gasteiger partial charge in [0.1, 0.15) is 0 Å². The van der Waals surface area contributed by atoms with Crippen LogP contribution in [-0.4, -0.2) is 71.8 Å². The van der Waals surface area contributed by atoms with Crippen LogP contribution in [0.5, 0.6) is 0 Å². The van der Waals surface area contributed by atoms with Gasteiger partial charge in [0.15, 0.2) is 0 Å². The Morgan fingerprint density at radius 3 is 1.55 bits per heavy atom. The van der Waals surface area contributed by atoms with Crippen LogP contribution in [0.15, 0.2) is 0 Å². The third-order valence-corrected chi connectivity index (χ3v) is 2.20. The summed E-state index contributed by atoms with van der Waals surface area (Å²) in [6.07, 6.45) is -14.5. The molecular weight excluding hydrogens is 316 g/mol. The van der Waals surface area contributed by atoms with Crippen molar-refractivity contribution in [2.75, 3.05) is 7.11 Å². The van der Waals surface area contributed by atoms with E-state index in [2.05, 4.69) is 23.7 Å². The first-order valence-electron chi connectivity index (χ1n) is 5.33. The van der Waals surface area contributed by atoms with Crippen LogP contribution >= 0.6 is 0 Å². The molecule has 1 aliphatic rings. The molecule has 4 atom stereocenters. The Hall–Kier alpha value is -2.96. The molecule has 13 heteroatoms. The van der Waals surface area contributed by atoms with Crippen molar-refractivity contribution >= 4 is 24.6 Å². The molecule has 0 spiro atoms. The van der Waals surface area contributed by atoms with Crippen molar-refractivity contribution in [3.8, 4) is 0 Å². The van der Waals surface area contributed by atoms with Gasteiger partial charge in [-0.1, -0.05) is 0 Å². The zero-order valence-electron chi connectivity index (χ0n) is 10.7. The van der Waals surface area contributed by atoms with Crippen LogP contribution in [0.3, 0.4) is 0 Å². The van der Waals surface area contributed by atoms with Crippen LogP contribution in [0.1, 0.15) is 0 Å². The summed E-state index contributed by atoms with van der Waals surface area (Å²) < 4.78 is 26.1. The Bertz CT molecular complexity index is 458. The SMILES string of the molecule is COC(=O)OC1OC(OC(=O)O)C(OC(=O)O)C1OC(=O)O. The lowest BCUT2D eigenvalue weighted by molar-refractivity contribution is -0.194. The summed E-state index contributed by atoms with van der Waals surface area (Å²) in [6, 6.07) is 0. The molecule has 1 saturated heterocycles. The van der Waals surface area contributed by atoms with Gasteiger partial charge in [0.2, 0.25) is 12.2 Å². The van der Waals surface area contributed by atoms with Gasteiger partial charge in [-0.3, -0.25) is 4.74 Å². The van der Waals surface area contributed by atoms with Gasteiger partial charge in [-0.05, 0) is 0 Å². The molecule has 1 rings (SSSR count). The summed E-state index contributed by atoms with van der Waals surface area (Å²) in [5.74, 6) is 0. The molecule has 22 heavy (non-hydrogen) atoms. The van der Waals surface area contributed by atoms with Gasteiger partial charge in [-0.25, -0.2) is 19.2 Å².